The Morgan fingerprint density at radius 1 is 1.36 bits per heavy atom. The summed E-state index contributed by atoms with van der Waals surface area (Å²) >= 11 is 1.62. The lowest BCUT2D eigenvalue weighted by Gasteiger charge is -2.13. The van der Waals surface area contributed by atoms with E-state index in [1.165, 1.54) is 22.6 Å². The van der Waals surface area contributed by atoms with Crippen molar-refractivity contribution < 1.29 is 14.1 Å². The van der Waals surface area contributed by atoms with Crippen molar-refractivity contribution in [3.8, 4) is 0 Å². The first-order chi connectivity index (χ1) is 13.5. The molecule has 2 aromatic heterocycles. The van der Waals surface area contributed by atoms with Gasteiger partial charge in [0.05, 0.1) is 12.4 Å². The second kappa shape index (κ2) is 7.81. The number of hydrogen-bond donors (Lipinski definition) is 3. The van der Waals surface area contributed by atoms with Crippen molar-refractivity contribution in [2.24, 2.45) is 0 Å². The first-order valence-electron chi connectivity index (χ1n) is 9.40. The summed E-state index contributed by atoms with van der Waals surface area (Å²) in [5, 5.41) is 3.42. The molecule has 3 N–H and O–H groups in total. The zero-order valence-electron chi connectivity index (χ0n) is 15.6. The number of fused-ring (bicyclic) bond motifs is 3. The zero-order chi connectivity index (χ0) is 19.7. The molecule has 0 spiro atoms. The van der Waals surface area contributed by atoms with E-state index in [-0.39, 0.29) is 18.0 Å². The second-order valence-corrected chi connectivity index (χ2v) is 8.36. The molecule has 28 heavy (non-hydrogen) atoms. The van der Waals surface area contributed by atoms with E-state index in [0.29, 0.717) is 18.1 Å². The molecule has 8 heteroatoms. The van der Waals surface area contributed by atoms with Gasteiger partial charge < -0.3 is 15.2 Å². The number of quaternary nitrogens is 1. The Hall–Kier alpha value is -2.58. The van der Waals surface area contributed by atoms with Crippen LogP contribution in [0.5, 0.6) is 0 Å². The number of anilines is 1. The van der Waals surface area contributed by atoms with E-state index in [0.717, 1.165) is 40.8 Å². The van der Waals surface area contributed by atoms with E-state index in [4.69, 9.17) is 0 Å². The number of nitrogens with one attached hydrogen (secondary N) is 3. The molecule has 1 aliphatic rings. The van der Waals surface area contributed by atoms with Gasteiger partial charge in [0, 0.05) is 10.6 Å². The van der Waals surface area contributed by atoms with E-state index < -0.39 is 5.82 Å². The van der Waals surface area contributed by atoms with Gasteiger partial charge in [-0.1, -0.05) is 6.07 Å². The lowest BCUT2D eigenvalue weighted by Crippen LogP contribution is -3.08. The number of benzene rings is 1. The SMILES string of the molecule is C[NH+](CC(=O)Nc1cccc(F)c1)Cc1nc2sc3c(c2c(=O)[nH]1)CCCC3. The number of H-pyrrole nitrogens is 1. The second-order valence-electron chi connectivity index (χ2n) is 7.27. The average Bonchev–Trinajstić information content (AvgIpc) is 3.00. The highest BCUT2D eigenvalue weighted by molar-refractivity contribution is 7.18. The van der Waals surface area contributed by atoms with Gasteiger partial charge in [-0.25, -0.2) is 9.37 Å². The molecule has 1 aliphatic carbocycles. The standard InChI is InChI=1S/C20H21FN4O2S/c1-25(11-17(26)22-13-6-4-5-12(21)9-13)10-16-23-19(27)18-14-7-2-3-8-15(14)28-20(18)24-16/h4-6,9H,2-3,7-8,10-11H2,1H3,(H,22,26)(H,23,24,27)/p+1. The van der Waals surface area contributed by atoms with Crippen molar-refractivity contribution in [2.75, 3.05) is 18.9 Å². The van der Waals surface area contributed by atoms with E-state index >= 15 is 0 Å². The highest BCUT2D eigenvalue weighted by Gasteiger charge is 2.21. The number of carbonyl (C=O) groups is 1. The van der Waals surface area contributed by atoms with Crippen LogP contribution in [0.4, 0.5) is 10.1 Å². The maximum Gasteiger partial charge on any atom is 0.279 e. The van der Waals surface area contributed by atoms with Crippen LogP contribution >= 0.6 is 11.3 Å². The van der Waals surface area contributed by atoms with Crippen molar-refractivity contribution in [3.63, 3.8) is 0 Å². The van der Waals surface area contributed by atoms with E-state index in [9.17, 15) is 14.0 Å². The van der Waals surface area contributed by atoms with E-state index in [2.05, 4.69) is 15.3 Å². The molecular weight excluding hydrogens is 379 g/mol. The molecule has 0 bridgehead atoms. The maximum atomic E-state index is 13.2. The number of hydrogen-bond acceptors (Lipinski definition) is 4. The van der Waals surface area contributed by atoms with Crippen LogP contribution in [-0.4, -0.2) is 29.5 Å². The van der Waals surface area contributed by atoms with Crippen molar-refractivity contribution in [3.05, 3.63) is 56.7 Å². The summed E-state index contributed by atoms with van der Waals surface area (Å²) in [5.74, 6) is -0.0440. The van der Waals surface area contributed by atoms with Gasteiger partial charge in [-0.05, 0) is 49.4 Å². The largest absolute Gasteiger partial charge is 0.323 e. The van der Waals surface area contributed by atoms with Crippen LogP contribution in [0.3, 0.4) is 0 Å². The van der Waals surface area contributed by atoms with Crippen LogP contribution in [0.1, 0.15) is 29.1 Å². The summed E-state index contributed by atoms with van der Waals surface area (Å²) in [7, 11) is 1.86. The Kier molecular flexibility index (Phi) is 5.23. The number of likely N-dealkylation sites (N-methyl/N-ethyl adjacent to an activating group) is 1. The molecule has 0 fully saturated rings. The summed E-state index contributed by atoms with van der Waals surface area (Å²) in [6.45, 7) is 0.601. The maximum absolute atomic E-state index is 13.2. The number of thiophene rings is 1. The molecule has 1 atom stereocenters. The van der Waals surface area contributed by atoms with Gasteiger partial charge in [-0.2, -0.15) is 0 Å². The molecule has 1 amide bonds. The Labute approximate surface area is 165 Å². The number of halogens is 1. The Balaban J connectivity index is 1.45. The Bertz CT molecular complexity index is 1090. The predicted octanol–water partition coefficient (Wildman–Crippen LogP) is 1.66. The molecule has 1 aromatic carbocycles. The summed E-state index contributed by atoms with van der Waals surface area (Å²) in [6.07, 6.45) is 4.26. The lowest BCUT2D eigenvalue weighted by molar-refractivity contribution is -0.885. The number of nitrogens with zero attached hydrogens (tertiary/aromatic N) is 1. The molecule has 0 saturated carbocycles. The number of aromatic amines is 1. The number of aromatic nitrogens is 2. The summed E-state index contributed by atoms with van der Waals surface area (Å²) in [4.78, 5) is 35.3. The predicted molar refractivity (Wildman–Crippen MR) is 107 cm³/mol. The quantitative estimate of drug-likeness (QED) is 0.608. The fourth-order valence-corrected chi connectivity index (χ4v) is 4.97. The van der Waals surface area contributed by atoms with Crippen molar-refractivity contribution in [2.45, 2.75) is 32.2 Å². The first-order valence-corrected chi connectivity index (χ1v) is 10.2. The van der Waals surface area contributed by atoms with Crippen LogP contribution in [0.25, 0.3) is 10.2 Å². The lowest BCUT2D eigenvalue weighted by atomic mass is 9.97. The topological polar surface area (TPSA) is 79.3 Å². The molecule has 2 heterocycles. The minimum Gasteiger partial charge on any atom is -0.323 e. The molecule has 1 unspecified atom stereocenters. The van der Waals surface area contributed by atoms with Crippen LogP contribution in [-0.2, 0) is 24.2 Å². The third kappa shape index (κ3) is 3.98. The van der Waals surface area contributed by atoms with Crippen LogP contribution in [0, 0.1) is 5.82 Å². The molecule has 6 nitrogen and oxygen atoms in total. The van der Waals surface area contributed by atoms with Gasteiger partial charge in [-0.3, -0.25) is 9.59 Å². The highest BCUT2D eigenvalue weighted by atomic mass is 32.1. The molecule has 0 aliphatic heterocycles. The van der Waals surface area contributed by atoms with Crippen molar-refractivity contribution in [1.82, 2.24) is 9.97 Å². The molecule has 4 rings (SSSR count). The number of rotatable bonds is 5. The third-order valence-corrected chi connectivity index (χ3v) is 6.10. The molecule has 0 saturated heterocycles. The van der Waals surface area contributed by atoms with Gasteiger partial charge in [0.15, 0.2) is 12.4 Å². The van der Waals surface area contributed by atoms with Gasteiger partial charge in [-0.15, -0.1) is 11.3 Å². The van der Waals surface area contributed by atoms with Gasteiger partial charge in [0.2, 0.25) is 0 Å². The van der Waals surface area contributed by atoms with Gasteiger partial charge >= 0.3 is 0 Å². The smallest absolute Gasteiger partial charge is 0.279 e. The monoisotopic (exact) mass is 401 g/mol. The van der Waals surface area contributed by atoms with Crippen LogP contribution in [0.2, 0.25) is 0 Å². The molecular formula is C20H22FN4O2S+. The minimum atomic E-state index is -0.396. The fourth-order valence-electron chi connectivity index (χ4n) is 3.69. The zero-order valence-corrected chi connectivity index (χ0v) is 16.4. The Morgan fingerprint density at radius 2 is 2.18 bits per heavy atom. The van der Waals surface area contributed by atoms with Crippen LogP contribution < -0.4 is 15.8 Å². The van der Waals surface area contributed by atoms with E-state index in [1.807, 2.05) is 7.05 Å². The normalized spacial score (nSPS) is 14.6. The van der Waals surface area contributed by atoms with Crippen molar-refractivity contribution >= 4 is 33.1 Å². The average molecular weight is 401 g/mol. The number of carbonyl (C=O) groups excluding carboxylic acids is 1. The molecule has 3 aromatic rings. The molecule has 0 radical (unpaired) electrons. The van der Waals surface area contributed by atoms with Crippen LogP contribution in [0.15, 0.2) is 29.1 Å². The van der Waals surface area contributed by atoms with Gasteiger partial charge in [0.1, 0.15) is 17.2 Å². The Morgan fingerprint density at radius 3 is 3.00 bits per heavy atom. The number of amides is 1. The fraction of sp³-hybridized carbons (Fsp3) is 0.350. The molecule has 146 valence electrons. The van der Waals surface area contributed by atoms with Gasteiger partial charge in [0.25, 0.3) is 11.5 Å². The number of aryl methyl sites for hydroxylation is 2. The third-order valence-electron chi connectivity index (χ3n) is 4.91. The van der Waals surface area contributed by atoms with Crippen molar-refractivity contribution in [1.29, 1.82) is 0 Å². The van der Waals surface area contributed by atoms with E-state index in [1.54, 1.807) is 23.5 Å². The highest BCUT2D eigenvalue weighted by Crippen LogP contribution is 2.33. The first kappa shape index (κ1) is 18.8. The summed E-state index contributed by atoms with van der Waals surface area (Å²) in [5.41, 5.74) is 1.51. The summed E-state index contributed by atoms with van der Waals surface area (Å²) < 4.78 is 13.2. The minimum absolute atomic E-state index is 0.0867. The summed E-state index contributed by atoms with van der Waals surface area (Å²) in [6, 6.07) is 5.79.